The van der Waals surface area contributed by atoms with Crippen LogP contribution < -0.4 is 5.73 Å². The van der Waals surface area contributed by atoms with Gasteiger partial charge in [0, 0.05) is 18.9 Å². The Balaban J connectivity index is 2.26. The Morgan fingerprint density at radius 1 is 1.67 bits per heavy atom. The van der Waals surface area contributed by atoms with E-state index >= 15 is 0 Å². The van der Waals surface area contributed by atoms with Crippen LogP contribution in [0, 0.1) is 0 Å². The van der Waals surface area contributed by atoms with Crippen LogP contribution in [0.15, 0.2) is 11.4 Å². The summed E-state index contributed by atoms with van der Waals surface area (Å²) in [5.74, 6) is 0. The average molecular weight is 206 g/mol. The smallest absolute Gasteiger partial charge is 0.149 e. The second-order valence-corrected chi connectivity index (χ2v) is 4.55. The molecular formula is C8H9ClFNS. The molecule has 0 spiro atoms. The van der Waals surface area contributed by atoms with Gasteiger partial charge < -0.3 is 5.73 Å². The average Bonchev–Trinajstić information content (AvgIpc) is 2.32. The van der Waals surface area contributed by atoms with Gasteiger partial charge in [0.25, 0.3) is 0 Å². The van der Waals surface area contributed by atoms with Crippen LogP contribution in [-0.2, 0) is 5.67 Å². The predicted molar refractivity (Wildman–Crippen MR) is 49.3 cm³/mol. The molecule has 1 aromatic rings. The summed E-state index contributed by atoms with van der Waals surface area (Å²) in [6.07, 6.45) is 0.820. The SMILES string of the molecule is NC1CC(F)(c2sccc2Cl)C1. The second-order valence-electron chi connectivity index (χ2n) is 3.23. The summed E-state index contributed by atoms with van der Waals surface area (Å²) in [5, 5.41) is 2.34. The molecule has 0 aromatic carbocycles. The highest BCUT2D eigenvalue weighted by molar-refractivity contribution is 7.10. The van der Waals surface area contributed by atoms with Gasteiger partial charge in [-0.05, 0) is 11.4 Å². The Kier molecular flexibility index (Phi) is 1.90. The minimum Gasteiger partial charge on any atom is -0.327 e. The van der Waals surface area contributed by atoms with Crippen LogP contribution in [0.5, 0.6) is 0 Å². The third-order valence-corrected chi connectivity index (χ3v) is 3.72. The third-order valence-electron chi connectivity index (χ3n) is 2.20. The van der Waals surface area contributed by atoms with Crippen molar-refractivity contribution in [3.8, 4) is 0 Å². The van der Waals surface area contributed by atoms with Gasteiger partial charge in [-0.1, -0.05) is 11.6 Å². The molecule has 1 fully saturated rings. The Morgan fingerprint density at radius 3 is 2.75 bits per heavy atom. The molecular weight excluding hydrogens is 197 g/mol. The number of halogens is 2. The van der Waals surface area contributed by atoms with Crippen LogP contribution in [0.25, 0.3) is 0 Å². The Morgan fingerprint density at radius 2 is 2.33 bits per heavy atom. The molecule has 1 heterocycles. The van der Waals surface area contributed by atoms with Crippen LogP contribution in [0.1, 0.15) is 17.7 Å². The van der Waals surface area contributed by atoms with Gasteiger partial charge >= 0.3 is 0 Å². The predicted octanol–water partition coefficient (Wildman–Crippen LogP) is 2.69. The lowest BCUT2D eigenvalue weighted by Gasteiger charge is -2.38. The molecule has 0 atom stereocenters. The number of hydrogen-bond donors (Lipinski definition) is 1. The molecule has 12 heavy (non-hydrogen) atoms. The van der Waals surface area contributed by atoms with Crippen LogP contribution >= 0.6 is 22.9 Å². The Bertz CT molecular complexity index is 293. The fraction of sp³-hybridized carbons (Fsp3) is 0.500. The zero-order valence-corrected chi connectivity index (χ0v) is 7.96. The normalized spacial score (nSPS) is 34.8. The van der Waals surface area contributed by atoms with Crippen LogP contribution in [-0.4, -0.2) is 6.04 Å². The first-order valence-electron chi connectivity index (χ1n) is 3.80. The lowest BCUT2D eigenvalue weighted by atomic mass is 9.77. The molecule has 2 N–H and O–H groups in total. The summed E-state index contributed by atoms with van der Waals surface area (Å²) in [6, 6.07) is 1.74. The summed E-state index contributed by atoms with van der Waals surface area (Å²) < 4.78 is 13.8. The summed E-state index contributed by atoms with van der Waals surface area (Å²) >= 11 is 7.19. The molecule has 0 amide bonds. The lowest BCUT2D eigenvalue weighted by molar-refractivity contribution is 0.0445. The maximum Gasteiger partial charge on any atom is 0.149 e. The molecule has 1 nitrogen and oxygen atoms in total. The first-order valence-corrected chi connectivity index (χ1v) is 5.05. The first kappa shape index (κ1) is 8.48. The molecule has 1 aliphatic carbocycles. The van der Waals surface area contributed by atoms with Crippen LogP contribution in [0.4, 0.5) is 4.39 Å². The minimum atomic E-state index is -1.23. The van der Waals surface area contributed by atoms with Gasteiger partial charge in [-0.15, -0.1) is 11.3 Å². The Labute approximate surface area is 79.3 Å². The van der Waals surface area contributed by atoms with Crippen molar-refractivity contribution >= 4 is 22.9 Å². The molecule has 1 saturated carbocycles. The monoisotopic (exact) mass is 205 g/mol. The van der Waals surface area contributed by atoms with E-state index in [4.69, 9.17) is 17.3 Å². The van der Waals surface area contributed by atoms with Gasteiger partial charge in [0.15, 0.2) is 0 Å². The van der Waals surface area contributed by atoms with E-state index in [0.29, 0.717) is 22.7 Å². The molecule has 1 aliphatic rings. The highest BCUT2D eigenvalue weighted by Gasteiger charge is 2.46. The van der Waals surface area contributed by atoms with Crippen molar-refractivity contribution in [1.29, 1.82) is 0 Å². The number of hydrogen-bond acceptors (Lipinski definition) is 2. The minimum absolute atomic E-state index is 0.00756. The Hall–Kier alpha value is -0.120. The van der Waals surface area contributed by atoms with Crippen LogP contribution in [0.3, 0.4) is 0 Å². The first-order chi connectivity index (χ1) is 5.62. The van der Waals surface area contributed by atoms with Gasteiger partial charge in [-0.2, -0.15) is 0 Å². The summed E-state index contributed by atoms with van der Waals surface area (Å²) in [5.41, 5.74) is 4.30. The van der Waals surface area contributed by atoms with Gasteiger partial charge in [-0.3, -0.25) is 0 Å². The van der Waals surface area contributed by atoms with Gasteiger partial charge in [0.05, 0.1) is 9.90 Å². The highest BCUT2D eigenvalue weighted by Crippen LogP contribution is 2.48. The summed E-state index contributed by atoms with van der Waals surface area (Å²) in [7, 11) is 0. The lowest BCUT2D eigenvalue weighted by Crippen LogP contribution is -2.45. The second kappa shape index (κ2) is 2.69. The largest absolute Gasteiger partial charge is 0.327 e. The number of nitrogens with two attached hydrogens (primary N) is 1. The summed E-state index contributed by atoms with van der Waals surface area (Å²) in [6.45, 7) is 0. The van der Waals surface area contributed by atoms with E-state index < -0.39 is 5.67 Å². The maximum absolute atomic E-state index is 13.8. The van der Waals surface area contributed by atoms with Crippen molar-refractivity contribution in [3.63, 3.8) is 0 Å². The zero-order chi connectivity index (χ0) is 8.77. The molecule has 0 saturated heterocycles. The van der Waals surface area contributed by atoms with Crippen molar-refractivity contribution in [3.05, 3.63) is 21.3 Å². The number of thiophene rings is 1. The van der Waals surface area contributed by atoms with Crippen molar-refractivity contribution in [1.82, 2.24) is 0 Å². The molecule has 66 valence electrons. The third kappa shape index (κ3) is 1.16. The molecule has 0 radical (unpaired) electrons. The van der Waals surface area contributed by atoms with E-state index in [1.54, 1.807) is 6.07 Å². The summed E-state index contributed by atoms with van der Waals surface area (Å²) in [4.78, 5) is 0.644. The van der Waals surface area contributed by atoms with Gasteiger partial charge in [-0.25, -0.2) is 4.39 Å². The topological polar surface area (TPSA) is 26.0 Å². The quantitative estimate of drug-likeness (QED) is 0.750. The zero-order valence-electron chi connectivity index (χ0n) is 6.39. The fourth-order valence-electron chi connectivity index (χ4n) is 1.57. The van der Waals surface area contributed by atoms with Crippen molar-refractivity contribution in [2.75, 3.05) is 0 Å². The fourth-order valence-corrected chi connectivity index (χ4v) is 2.91. The van der Waals surface area contributed by atoms with E-state index in [0.717, 1.165) is 0 Å². The molecule has 1 aromatic heterocycles. The standard InChI is InChI=1S/C8H9ClFNS/c9-6-1-2-12-7(6)8(10)3-5(11)4-8/h1-2,5H,3-4,11H2. The van der Waals surface area contributed by atoms with Crippen molar-refractivity contribution in [2.45, 2.75) is 24.6 Å². The maximum atomic E-state index is 13.8. The molecule has 2 rings (SSSR count). The van der Waals surface area contributed by atoms with E-state index in [2.05, 4.69) is 0 Å². The van der Waals surface area contributed by atoms with Gasteiger partial charge in [0.2, 0.25) is 0 Å². The van der Waals surface area contributed by atoms with Crippen LogP contribution in [0.2, 0.25) is 5.02 Å². The molecule has 4 heteroatoms. The van der Waals surface area contributed by atoms with Gasteiger partial charge in [0.1, 0.15) is 5.67 Å². The number of alkyl halides is 1. The van der Waals surface area contributed by atoms with E-state index in [-0.39, 0.29) is 6.04 Å². The molecule has 0 aliphatic heterocycles. The highest BCUT2D eigenvalue weighted by atomic mass is 35.5. The molecule has 0 bridgehead atoms. The number of rotatable bonds is 1. The van der Waals surface area contributed by atoms with E-state index in [1.807, 2.05) is 5.38 Å². The van der Waals surface area contributed by atoms with Crippen molar-refractivity contribution < 1.29 is 4.39 Å². The van der Waals surface area contributed by atoms with Crippen molar-refractivity contribution in [2.24, 2.45) is 5.73 Å². The molecule has 0 unspecified atom stereocenters. The van der Waals surface area contributed by atoms with E-state index in [9.17, 15) is 4.39 Å². The van der Waals surface area contributed by atoms with E-state index in [1.165, 1.54) is 11.3 Å².